The van der Waals surface area contributed by atoms with E-state index in [1.54, 1.807) is 0 Å². The van der Waals surface area contributed by atoms with Crippen LogP contribution in [0.5, 0.6) is 0 Å². The lowest BCUT2D eigenvalue weighted by molar-refractivity contribution is -0.536. The molecule has 0 aliphatic carbocycles. The first kappa shape index (κ1) is 26.9. The zero-order chi connectivity index (χ0) is 24.5. The van der Waals surface area contributed by atoms with E-state index in [1.807, 2.05) is 0 Å². The van der Waals surface area contributed by atoms with Gasteiger partial charge in [0.2, 0.25) is 0 Å². The SMILES string of the molecule is C=CC(=O)OC(O)(OC(=O)C=C)C(O)(OC(=O)C=C)C(O)(OC(=O)C=C)OC(=O)C=C. The van der Waals surface area contributed by atoms with Crippen molar-refractivity contribution in [3.8, 4) is 0 Å². The van der Waals surface area contributed by atoms with Gasteiger partial charge in [0.1, 0.15) is 0 Å². The number of esters is 5. The van der Waals surface area contributed by atoms with Gasteiger partial charge in [-0.1, -0.05) is 32.9 Å². The monoisotopic (exact) mass is 442 g/mol. The predicted octanol–water partition coefficient (Wildman–Crippen LogP) is -1.39. The molecule has 0 aromatic rings. The third-order valence-corrected chi connectivity index (χ3v) is 2.89. The van der Waals surface area contributed by atoms with Gasteiger partial charge in [-0.15, -0.1) is 0 Å². The summed E-state index contributed by atoms with van der Waals surface area (Å²) in [4.78, 5) is 58.4. The Hall–Kier alpha value is -4.07. The number of hydrogen-bond donors (Lipinski definition) is 3. The molecule has 0 bridgehead atoms. The summed E-state index contributed by atoms with van der Waals surface area (Å²) >= 11 is 0. The number of carbonyl (C=O) groups is 5. The Morgan fingerprint density at radius 3 is 0.871 bits per heavy atom. The number of hydrogen-bond acceptors (Lipinski definition) is 13. The number of ether oxygens (including phenoxy) is 5. The van der Waals surface area contributed by atoms with E-state index in [4.69, 9.17) is 0 Å². The molecule has 0 saturated carbocycles. The summed E-state index contributed by atoms with van der Waals surface area (Å²) in [5.41, 5.74) is 0. The highest BCUT2D eigenvalue weighted by molar-refractivity contribution is 5.85. The highest BCUT2D eigenvalue weighted by Gasteiger charge is 2.78. The van der Waals surface area contributed by atoms with Gasteiger partial charge in [0.15, 0.2) is 0 Å². The smallest absolute Gasteiger partial charge is 0.410 e. The second kappa shape index (κ2) is 10.6. The van der Waals surface area contributed by atoms with E-state index in [1.165, 1.54) is 0 Å². The average molecular weight is 442 g/mol. The highest BCUT2D eigenvalue weighted by atomic mass is 16.9. The third-order valence-electron chi connectivity index (χ3n) is 2.89. The Morgan fingerprint density at radius 2 is 0.677 bits per heavy atom. The summed E-state index contributed by atoms with van der Waals surface area (Å²) in [7, 11) is 0. The van der Waals surface area contributed by atoms with Gasteiger partial charge in [0.05, 0.1) is 0 Å². The molecule has 0 radical (unpaired) electrons. The summed E-state index contributed by atoms with van der Waals surface area (Å²) < 4.78 is 21.5. The minimum atomic E-state index is -4.42. The molecule has 0 amide bonds. The lowest BCUT2D eigenvalue weighted by Crippen LogP contribution is -2.74. The van der Waals surface area contributed by atoms with Crippen LogP contribution in [0.15, 0.2) is 63.3 Å². The van der Waals surface area contributed by atoms with E-state index >= 15 is 0 Å². The summed E-state index contributed by atoms with van der Waals surface area (Å²) in [5, 5.41) is 32.2. The van der Waals surface area contributed by atoms with Crippen molar-refractivity contribution in [2.24, 2.45) is 0 Å². The standard InChI is InChI=1S/C18H18O13/c1-6-11(19)27-16(24,17(25,28-12(20)7-2)29-13(21)8-3)18(26,30-14(22)9-4)31-15(23)10-5/h6-10,24-26H,1-5H2. The number of rotatable bonds is 12. The molecule has 13 nitrogen and oxygen atoms in total. The largest absolute Gasteiger partial charge is 0.456 e. The Labute approximate surface area is 174 Å². The molecule has 0 spiro atoms. The van der Waals surface area contributed by atoms with Gasteiger partial charge in [-0.05, 0) is 0 Å². The molecule has 0 heterocycles. The molecule has 0 aliphatic heterocycles. The molecule has 0 aliphatic rings. The maximum Gasteiger partial charge on any atom is 0.456 e. The van der Waals surface area contributed by atoms with Crippen LogP contribution in [0, 0.1) is 0 Å². The molecule has 0 rings (SSSR count). The van der Waals surface area contributed by atoms with Gasteiger partial charge in [-0.3, -0.25) is 0 Å². The molecular weight excluding hydrogens is 424 g/mol. The molecule has 0 aromatic heterocycles. The van der Waals surface area contributed by atoms with Crippen molar-refractivity contribution in [2.75, 3.05) is 0 Å². The van der Waals surface area contributed by atoms with Crippen LogP contribution in [0.25, 0.3) is 0 Å². The molecule has 13 heteroatoms. The van der Waals surface area contributed by atoms with E-state index in [2.05, 4.69) is 56.6 Å². The zero-order valence-corrected chi connectivity index (χ0v) is 15.8. The minimum absolute atomic E-state index is 0.334. The van der Waals surface area contributed by atoms with Crippen LogP contribution < -0.4 is 0 Å². The first-order valence-corrected chi connectivity index (χ1v) is 7.72. The van der Waals surface area contributed by atoms with Crippen molar-refractivity contribution in [2.45, 2.75) is 17.7 Å². The Morgan fingerprint density at radius 1 is 0.484 bits per heavy atom. The molecule has 168 valence electrons. The van der Waals surface area contributed by atoms with Crippen molar-refractivity contribution in [3.05, 3.63) is 63.3 Å². The summed E-state index contributed by atoms with van der Waals surface area (Å²) in [5.74, 6) is -21.3. The van der Waals surface area contributed by atoms with Crippen LogP contribution in [0.4, 0.5) is 0 Å². The minimum Gasteiger partial charge on any atom is -0.410 e. The van der Waals surface area contributed by atoms with Gasteiger partial charge in [0.25, 0.3) is 0 Å². The van der Waals surface area contributed by atoms with Gasteiger partial charge in [0, 0.05) is 30.4 Å². The zero-order valence-electron chi connectivity index (χ0n) is 15.8. The van der Waals surface area contributed by atoms with E-state index in [0.29, 0.717) is 30.4 Å². The molecular formula is C18H18O13. The van der Waals surface area contributed by atoms with Gasteiger partial charge >= 0.3 is 47.6 Å². The first-order valence-electron chi connectivity index (χ1n) is 7.72. The Bertz CT molecular complexity index is 724. The molecule has 31 heavy (non-hydrogen) atoms. The maximum absolute atomic E-state index is 11.8. The molecule has 0 atom stereocenters. The maximum atomic E-state index is 11.8. The van der Waals surface area contributed by atoms with Crippen molar-refractivity contribution in [1.29, 1.82) is 0 Å². The lowest BCUT2D eigenvalue weighted by atomic mass is 10.1. The fourth-order valence-electron chi connectivity index (χ4n) is 1.55. The van der Waals surface area contributed by atoms with Gasteiger partial charge in [-0.25, -0.2) is 24.0 Å². The second-order valence-corrected chi connectivity index (χ2v) is 4.93. The fraction of sp³-hybridized carbons (Fsp3) is 0.167. The van der Waals surface area contributed by atoms with Crippen LogP contribution in [0.2, 0.25) is 0 Å². The topological polar surface area (TPSA) is 192 Å². The summed E-state index contributed by atoms with van der Waals surface area (Å²) in [6.45, 7) is 14.9. The van der Waals surface area contributed by atoms with Crippen molar-refractivity contribution in [3.63, 3.8) is 0 Å². The average Bonchev–Trinajstić information content (AvgIpc) is 2.72. The summed E-state index contributed by atoms with van der Waals surface area (Å²) in [6.07, 6.45) is 1.81. The van der Waals surface area contributed by atoms with Crippen molar-refractivity contribution in [1.82, 2.24) is 0 Å². The van der Waals surface area contributed by atoms with Crippen LogP contribution in [-0.4, -0.2) is 62.9 Å². The molecule has 0 saturated heterocycles. The van der Waals surface area contributed by atoms with Gasteiger partial charge in [-0.2, -0.15) is 0 Å². The molecule has 0 aromatic carbocycles. The van der Waals surface area contributed by atoms with E-state index in [-0.39, 0.29) is 0 Å². The molecule has 0 unspecified atom stereocenters. The fourth-order valence-corrected chi connectivity index (χ4v) is 1.55. The molecule has 0 fully saturated rings. The predicted molar refractivity (Wildman–Crippen MR) is 96.3 cm³/mol. The van der Waals surface area contributed by atoms with E-state index < -0.39 is 47.6 Å². The Balaban J connectivity index is 7.12. The Kier molecular flexibility index (Phi) is 9.24. The lowest BCUT2D eigenvalue weighted by Gasteiger charge is -2.43. The molecule has 3 N–H and O–H groups in total. The summed E-state index contributed by atoms with van der Waals surface area (Å²) in [6, 6.07) is 0. The second-order valence-electron chi connectivity index (χ2n) is 4.93. The van der Waals surface area contributed by atoms with Crippen LogP contribution in [0.1, 0.15) is 0 Å². The van der Waals surface area contributed by atoms with Crippen LogP contribution >= 0.6 is 0 Å². The quantitative estimate of drug-likeness (QED) is 0.139. The normalized spacial score (nSPS) is 11.1. The number of aliphatic hydroxyl groups is 3. The highest BCUT2D eigenvalue weighted by Crippen LogP contribution is 2.39. The van der Waals surface area contributed by atoms with Crippen molar-refractivity contribution >= 4 is 29.8 Å². The van der Waals surface area contributed by atoms with Crippen LogP contribution in [0.3, 0.4) is 0 Å². The van der Waals surface area contributed by atoms with E-state index in [9.17, 15) is 39.3 Å². The first-order chi connectivity index (χ1) is 14.3. The third kappa shape index (κ3) is 6.20. The van der Waals surface area contributed by atoms with E-state index in [0.717, 1.165) is 0 Å². The van der Waals surface area contributed by atoms with Crippen molar-refractivity contribution < 1.29 is 63.0 Å². The number of carbonyl (C=O) groups excluding carboxylic acids is 5. The van der Waals surface area contributed by atoms with Gasteiger partial charge < -0.3 is 39.0 Å². The van der Waals surface area contributed by atoms with Crippen LogP contribution in [-0.2, 0) is 47.7 Å².